The zero-order valence-electron chi connectivity index (χ0n) is 9.44. The molecule has 2 unspecified atom stereocenters. The highest BCUT2D eigenvalue weighted by atomic mass is 32.2. The van der Waals surface area contributed by atoms with E-state index in [-0.39, 0.29) is 6.29 Å². The lowest BCUT2D eigenvalue weighted by Crippen LogP contribution is -2.41. The van der Waals surface area contributed by atoms with Crippen LogP contribution in [0.1, 0.15) is 32.1 Å². The van der Waals surface area contributed by atoms with Gasteiger partial charge in [-0.1, -0.05) is 0 Å². The van der Waals surface area contributed by atoms with Gasteiger partial charge in [-0.3, -0.25) is 0 Å². The zero-order valence-corrected chi connectivity index (χ0v) is 10.3. The Morgan fingerprint density at radius 3 is 2.27 bits per heavy atom. The molecule has 2 aliphatic heterocycles. The van der Waals surface area contributed by atoms with Crippen LogP contribution >= 0.6 is 11.8 Å². The van der Waals surface area contributed by atoms with Gasteiger partial charge < -0.3 is 14.6 Å². The largest absolute Gasteiger partial charge is 0.390 e. The Kier molecular flexibility index (Phi) is 3.60. The molecule has 2 aliphatic rings. The van der Waals surface area contributed by atoms with Crippen LogP contribution in [0.4, 0.5) is 0 Å². The molecule has 2 atom stereocenters. The summed E-state index contributed by atoms with van der Waals surface area (Å²) < 4.78 is 10.3. The van der Waals surface area contributed by atoms with E-state index >= 15 is 0 Å². The molecule has 1 N–H and O–H groups in total. The molecule has 2 rings (SSSR count). The standard InChI is InChI=1S/C11H20O3S/c1-13-10(14-2)7-11(12)5-8-3-4-9(6-11)15-8/h8-10,12H,3-7H2,1-2H3. The van der Waals surface area contributed by atoms with Gasteiger partial charge in [-0.15, -0.1) is 0 Å². The summed E-state index contributed by atoms with van der Waals surface area (Å²) >= 11 is 2.06. The highest BCUT2D eigenvalue weighted by molar-refractivity contribution is 8.00. The van der Waals surface area contributed by atoms with E-state index in [1.165, 1.54) is 12.8 Å². The van der Waals surface area contributed by atoms with E-state index in [4.69, 9.17) is 9.47 Å². The van der Waals surface area contributed by atoms with E-state index < -0.39 is 5.60 Å². The van der Waals surface area contributed by atoms with Crippen molar-refractivity contribution < 1.29 is 14.6 Å². The SMILES string of the molecule is COC(CC1(O)CC2CCC(C1)S2)OC. The zero-order chi connectivity index (χ0) is 10.9. The summed E-state index contributed by atoms with van der Waals surface area (Å²) in [5.41, 5.74) is -0.562. The maximum atomic E-state index is 10.5. The van der Waals surface area contributed by atoms with Crippen LogP contribution in [0.15, 0.2) is 0 Å². The summed E-state index contributed by atoms with van der Waals surface area (Å²) in [7, 11) is 3.26. The lowest BCUT2D eigenvalue weighted by molar-refractivity contribution is -0.146. The first-order chi connectivity index (χ1) is 7.15. The molecule has 3 nitrogen and oxygen atoms in total. The molecule has 4 heteroatoms. The third-order valence-corrected chi connectivity index (χ3v) is 5.06. The van der Waals surface area contributed by atoms with Crippen LogP contribution in [0.2, 0.25) is 0 Å². The second-order valence-corrected chi connectivity index (χ2v) is 6.30. The number of ether oxygens (including phenoxy) is 2. The average Bonchev–Trinajstić information content (AvgIpc) is 2.55. The third kappa shape index (κ3) is 2.67. The molecule has 88 valence electrons. The minimum Gasteiger partial charge on any atom is -0.390 e. The molecule has 0 radical (unpaired) electrons. The van der Waals surface area contributed by atoms with Crippen LogP contribution in [0.5, 0.6) is 0 Å². The first-order valence-corrected chi connectivity index (χ1v) is 6.53. The monoisotopic (exact) mass is 232 g/mol. The number of rotatable bonds is 4. The molecular formula is C11H20O3S. The van der Waals surface area contributed by atoms with E-state index in [9.17, 15) is 5.11 Å². The number of methoxy groups -OCH3 is 2. The maximum absolute atomic E-state index is 10.5. The molecule has 2 saturated heterocycles. The van der Waals surface area contributed by atoms with Crippen LogP contribution in [-0.4, -0.2) is 41.7 Å². The van der Waals surface area contributed by atoms with Crippen molar-refractivity contribution >= 4 is 11.8 Å². The van der Waals surface area contributed by atoms with Crippen molar-refractivity contribution in [3.63, 3.8) is 0 Å². The number of hydrogen-bond donors (Lipinski definition) is 1. The van der Waals surface area contributed by atoms with Gasteiger partial charge in [-0.05, 0) is 25.7 Å². The van der Waals surface area contributed by atoms with Crippen LogP contribution in [0, 0.1) is 0 Å². The van der Waals surface area contributed by atoms with Gasteiger partial charge in [0.25, 0.3) is 0 Å². The quantitative estimate of drug-likeness (QED) is 0.750. The van der Waals surface area contributed by atoms with Gasteiger partial charge in [0.05, 0.1) is 5.60 Å². The number of aliphatic hydroxyl groups is 1. The summed E-state index contributed by atoms with van der Waals surface area (Å²) in [5, 5.41) is 11.8. The van der Waals surface area contributed by atoms with Crippen molar-refractivity contribution in [2.45, 2.75) is 54.5 Å². The van der Waals surface area contributed by atoms with Crippen molar-refractivity contribution in [2.24, 2.45) is 0 Å². The molecule has 2 heterocycles. The Hall–Kier alpha value is 0.230. The van der Waals surface area contributed by atoms with Gasteiger partial charge in [0.2, 0.25) is 0 Å². The number of hydrogen-bond acceptors (Lipinski definition) is 4. The lowest BCUT2D eigenvalue weighted by atomic mass is 9.90. The van der Waals surface area contributed by atoms with Crippen LogP contribution in [0.25, 0.3) is 0 Å². The fraction of sp³-hybridized carbons (Fsp3) is 1.00. The minimum absolute atomic E-state index is 0.266. The normalized spacial score (nSPS) is 40.0. The minimum atomic E-state index is -0.562. The molecule has 0 aromatic rings. The molecule has 0 amide bonds. The first kappa shape index (κ1) is 11.7. The van der Waals surface area contributed by atoms with Gasteiger partial charge in [-0.2, -0.15) is 11.8 Å². The van der Waals surface area contributed by atoms with E-state index in [0.717, 1.165) is 12.8 Å². The van der Waals surface area contributed by atoms with Crippen LogP contribution < -0.4 is 0 Å². The van der Waals surface area contributed by atoms with Gasteiger partial charge in [0.1, 0.15) is 0 Å². The summed E-state index contributed by atoms with van der Waals surface area (Å²) in [4.78, 5) is 0. The molecule has 0 aliphatic carbocycles. The van der Waals surface area contributed by atoms with E-state index in [1.54, 1.807) is 14.2 Å². The summed E-state index contributed by atoms with van der Waals surface area (Å²) in [5.74, 6) is 0. The highest BCUT2D eigenvalue weighted by Gasteiger charge is 2.44. The molecule has 15 heavy (non-hydrogen) atoms. The number of fused-ring (bicyclic) bond motifs is 2. The van der Waals surface area contributed by atoms with E-state index in [1.807, 2.05) is 0 Å². The van der Waals surface area contributed by atoms with Crippen molar-refractivity contribution in [1.29, 1.82) is 0 Å². The van der Waals surface area contributed by atoms with Gasteiger partial charge in [0.15, 0.2) is 6.29 Å². The molecular weight excluding hydrogens is 212 g/mol. The summed E-state index contributed by atoms with van der Waals surface area (Å²) in [6.45, 7) is 0. The Labute approximate surface area is 95.5 Å². The topological polar surface area (TPSA) is 38.7 Å². The second kappa shape index (κ2) is 4.62. The Morgan fingerprint density at radius 1 is 1.27 bits per heavy atom. The Morgan fingerprint density at radius 2 is 1.80 bits per heavy atom. The molecule has 0 aromatic heterocycles. The van der Waals surface area contributed by atoms with E-state index in [2.05, 4.69) is 11.8 Å². The molecule has 0 saturated carbocycles. The van der Waals surface area contributed by atoms with Crippen molar-refractivity contribution in [3.05, 3.63) is 0 Å². The van der Waals surface area contributed by atoms with Crippen molar-refractivity contribution in [1.82, 2.24) is 0 Å². The smallest absolute Gasteiger partial charge is 0.159 e. The molecule has 0 spiro atoms. The summed E-state index contributed by atoms with van der Waals surface area (Å²) in [6.07, 6.45) is 4.67. The number of thioether (sulfide) groups is 1. The fourth-order valence-electron chi connectivity index (χ4n) is 2.75. The first-order valence-electron chi connectivity index (χ1n) is 5.58. The van der Waals surface area contributed by atoms with Crippen molar-refractivity contribution in [2.75, 3.05) is 14.2 Å². The molecule has 2 fully saturated rings. The molecule has 0 aromatic carbocycles. The van der Waals surface area contributed by atoms with Gasteiger partial charge in [0, 0.05) is 31.1 Å². The summed E-state index contributed by atoms with van der Waals surface area (Å²) in [6, 6.07) is 0. The van der Waals surface area contributed by atoms with Crippen molar-refractivity contribution in [3.8, 4) is 0 Å². The van der Waals surface area contributed by atoms with Gasteiger partial charge >= 0.3 is 0 Å². The fourth-order valence-corrected chi connectivity index (χ4v) is 4.65. The Balaban J connectivity index is 1.94. The predicted molar refractivity (Wildman–Crippen MR) is 61.0 cm³/mol. The lowest BCUT2D eigenvalue weighted by Gasteiger charge is -2.37. The maximum Gasteiger partial charge on any atom is 0.159 e. The second-order valence-electron chi connectivity index (χ2n) is 4.70. The third-order valence-electron chi connectivity index (χ3n) is 3.48. The van der Waals surface area contributed by atoms with E-state index in [0.29, 0.717) is 16.9 Å². The predicted octanol–water partition coefficient (Wildman–Crippen LogP) is 1.78. The average molecular weight is 232 g/mol. The molecule has 2 bridgehead atoms. The van der Waals surface area contributed by atoms with Crippen LogP contribution in [-0.2, 0) is 9.47 Å². The Bertz CT molecular complexity index is 206. The van der Waals surface area contributed by atoms with Crippen LogP contribution in [0.3, 0.4) is 0 Å². The highest BCUT2D eigenvalue weighted by Crippen LogP contribution is 2.48. The van der Waals surface area contributed by atoms with Gasteiger partial charge in [-0.25, -0.2) is 0 Å².